The molecule has 0 atom stereocenters. The van der Waals surface area contributed by atoms with Gasteiger partial charge in [0.1, 0.15) is 5.54 Å². The van der Waals surface area contributed by atoms with Crippen molar-refractivity contribution in [2.45, 2.75) is 24.9 Å². The Kier molecular flexibility index (Phi) is 5.68. The van der Waals surface area contributed by atoms with Gasteiger partial charge in [-0.05, 0) is 30.5 Å². The van der Waals surface area contributed by atoms with E-state index in [1.54, 1.807) is 12.1 Å². The Morgan fingerprint density at radius 1 is 1.00 bits per heavy atom. The van der Waals surface area contributed by atoms with Gasteiger partial charge in [-0.1, -0.05) is 48.5 Å². The summed E-state index contributed by atoms with van der Waals surface area (Å²) >= 11 is 0. The van der Waals surface area contributed by atoms with Crippen molar-refractivity contribution in [2.75, 3.05) is 20.2 Å². The molecular weight excluding hydrogens is 328 g/mol. The lowest BCUT2D eigenvalue weighted by molar-refractivity contribution is -0.150. The Morgan fingerprint density at radius 3 is 2.15 bits per heavy atom. The van der Waals surface area contributed by atoms with Crippen LogP contribution in [0.15, 0.2) is 60.7 Å². The summed E-state index contributed by atoms with van der Waals surface area (Å²) in [7, 11) is 1.37. The number of likely N-dealkylation sites (tertiary alicyclic amines) is 1. The normalized spacial score (nSPS) is 16.7. The molecule has 0 bridgehead atoms. The van der Waals surface area contributed by atoms with Gasteiger partial charge in [0, 0.05) is 25.2 Å². The fraction of sp³-hybridized carbons (Fsp3) is 0.333. The number of piperidine rings is 1. The molecule has 0 spiro atoms. The van der Waals surface area contributed by atoms with Crippen LogP contribution in [0.4, 0.5) is 0 Å². The van der Waals surface area contributed by atoms with E-state index in [-0.39, 0.29) is 11.9 Å². The molecule has 0 saturated carbocycles. The fourth-order valence-electron chi connectivity index (χ4n) is 3.39. The minimum atomic E-state index is -0.963. The average molecular weight is 352 g/mol. The van der Waals surface area contributed by atoms with Crippen molar-refractivity contribution in [3.8, 4) is 0 Å². The van der Waals surface area contributed by atoms with Crippen molar-refractivity contribution in [1.82, 2.24) is 10.2 Å². The van der Waals surface area contributed by atoms with E-state index in [0.717, 1.165) is 19.6 Å². The summed E-state index contributed by atoms with van der Waals surface area (Å²) in [5.74, 6) is -0.617. The number of nitrogens with zero attached hydrogens (tertiary/aromatic N) is 1. The van der Waals surface area contributed by atoms with E-state index in [4.69, 9.17) is 4.74 Å². The van der Waals surface area contributed by atoms with E-state index in [1.807, 2.05) is 36.4 Å². The average Bonchev–Trinajstić information content (AvgIpc) is 2.70. The molecule has 0 aromatic heterocycles. The van der Waals surface area contributed by atoms with Gasteiger partial charge in [-0.15, -0.1) is 0 Å². The van der Waals surface area contributed by atoms with Crippen LogP contribution in [0.1, 0.15) is 28.8 Å². The number of methoxy groups -OCH3 is 1. The zero-order valence-electron chi connectivity index (χ0n) is 15.0. The molecule has 1 amide bonds. The second kappa shape index (κ2) is 8.15. The number of hydrogen-bond acceptors (Lipinski definition) is 4. The molecule has 1 aliphatic rings. The van der Waals surface area contributed by atoms with Crippen LogP contribution >= 0.6 is 0 Å². The lowest BCUT2D eigenvalue weighted by Gasteiger charge is -2.40. The highest BCUT2D eigenvalue weighted by atomic mass is 16.5. The topological polar surface area (TPSA) is 58.6 Å². The van der Waals surface area contributed by atoms with Gasteiger partial charge in [-0.2, -0.15) is 0 Å². The zero-order valence-corrected chi connectivity index (χ0v) is 15.0. The molecule has 1 fully saturated rings. The quantitative estimate of drug-likeness (QED) is 0.841. The lowest BCUT2D eigenvalue weighted by Crippen LogP contribution is -2.60. The Balaban J connectivity index is 1.68. The summed E-state index contributed by atoms with van der Waals surface area (Å²) < 4.78 is 5.01. The van der Waals surface area contributed by atoms with Crippen molar-refractivity contribution in [3.05, 3.63) is 71.8 Å². The fourth-order valence-corrected chi connectivity index (χ4v) is 3.39. The predicted octanol–water partition coefficient (Wildman–Crippen LogP) is 2.62. The molecule has 3 rings (SSSR count). The Bertz CT molecular complexity index is 738. The molecule has 0 unspecified atom stereocenters. The summed E-state index contributed by atoms with van der Waals surface area (Å²) in [5.41, 5.74) is 0.823. The maximum Gasteiger partial charge on any atom is 0.331 e. The Morgan fingerprint density at radius 2 is 1.58 bits per heavy atom. The standard InChI is InChI=1S/C21H24N2O3/c1-26-20(25)21(22-19(24)18-10-6-3-7-11-18)12-14-23(15-13-21)16-17-8-4-2-5-9-17/h2-11H,12-16H2,1H3,(H,22,24). The van der Waals surface area contributed by atoms with Gasteiger partial charge < -0.3 is 10.1 Å². The molecular formula is C21H24N2O3. The molecule has 26 heavy (non-hydrogen) atoms. The SMILES string of the molecule is COC(=O)C1(NC(=O)c2ccccc2)CCN(Cc2ccccc2)CC1. The van der Waals surface area contributed by atoms with Crippen LogP contribution in [-0.4, -0.2) is 42.5 Å². The summed E-state index contributed by atoms with van der Waals surface area (Å²) in [5, 5.41) is 2.94. The number of carbonyl (C=O) groups is 2. The van der Waals surface area contributed by atoms with E-state index >= 15 is 0 Å². The number of hydrogen-bond donors (Lipinski definition) is 1. The van der Waals surface area contributed by atoms with Gasteiger partial charge in [0.2, 0.25) is 0 Å². The number of amides is 1. The van der Waals surface area contributed by atoms with E-state index in [2.05, 4.69) is 22.3 Å². The van der Waals surface area contributed by atoms with Crippen LogP contribution in [0.2, 0.25) is 0 Å². The second-order valence-electron chi connectivity index (χ2n) is 6.66. The molecule has 5 heteroatoms. The largest absolute Gasteiger partial charge is 0.467 e. The highest BCUT2D eigenvalue weighted by Gasteiger charge is 2.43. The van der Waals surface area contributed by atoms with Gasteiger partial charge in [-0.25, -0.2) is 4.79 Å². The summed E-state index contributed by atoms with van der Waals surface area (Å²) in [6.45, 7) is 2.28. The third-order valence-corrected chi connectivity index (χ3v) is 4.92. The van der Waals surface area contributed by atoms with E-state index < -0.39 is 5.54 Å². The molecule has 1 N–H and O–H groups in total. The molecule has 0 radical (unpaired) electrons. The van der Waals surface area contributed by atoms with Crippen molar-refractivity contribution in [1.29, 1.82) is 0 Å². The van der Waals surface area contributed by atoms with Gasteiger partial charge in [0.15, 0.2) is 0 Å². The smallest absolute Gasteiger partial charge is 0.331 e. The summed E-state index contributed by atoms with van der Waals surface area (Å²) in [4.78, 5) is 27.3. The molecule has 2 aromatic rings. The first-order valence-electron chi connectivity index (χ1n) is 8.85. The van der Waals surface area contributed by atoms with E-state index in [1.165, 1.54) is 12.7 Å². The number of carbonyl (C=O) groups excluding carboxylic acids is 2. The maximum atomic E-state index is 12.6. The highest BCUT2D eigenvalue weighted by Crippen LogP contribution is 2.25. The first kappa shape index (κ1) is 18.1. The van der Waals surface area contributed by atoms with Gasteiger partial charge >= 0.3 is 5.97 Å². The van der Waals surface area contributed by atoms with Crippen molar-refractivity contribution >= 4 is 11.9 Å². The van der Waals surface area contributed by atoms with Crippen LogP contribution in [-0.2, 0) is 16.1 Å². The van der Waals surface area contributed by atoms with Crippen molar-refractivity contribution < 1.29 is 14.3 Å². The molecule has 1 saturated heterocycles. The van der Waals surface area contributed by atoms with Crippen molar-refractivity contribution in [2.24, 2.45) is 0 Å². The molecule has 0 aliphatic carbocycles. The van der Waals surface area contributed by atoms with Crippen LogP contribution in [0.3, 0.4) is 0 Å². The number of esters is 1. The molecule has 1 heterocycles. The second-order valence-corrected chi connectivity index (χ2v) is 6.66. The van der Waals surface area contributed by atoms with Crippen molar-refractivity contribution in [3.63, 3.8) is 0 Å². The van der Waals surface area contributed by atoms with Gasteiger partial charge in [0.05, 0.1) is 7.11 Å². The zero-order chi connectivity index (χ0) is 18.4. The van der Waals surface area contributed by atoms with Crippen LogP contribution in [0.5, 0.6) is 0 Å². The number of benzene rings is 2. The van der Waals surface area contributed by atoms with E-state index in [0.29, 0.717) is 18.4 Å². The third-order valence-electron chi connectivity index (χ3n) is 4.92. The molecule has 2 aromatic carbocycles. The van der Waals surface area contributed by atoms with Gasteiger partial charge in [0.25, 0.3) is 5.91 Å². The molecule has 5 nitrogen and oxygen atoms in total. The predicted molar refractivity (Wildman–Crippen MR) is 99.6 cm³/mol. The molecule has 1 aliphatic heterocycles. The molecule has 136 valence electrons. The summed E-state index contributed by atoms with van der Waals surface area (Å²) in [6.07, 6.45) is 1.07. The monoisotopic (exact) mass is 352 g/mol. The Labute approximate surface area is 154 Å². The summed E-state index contributed by atoms with van der Waals surface area (Å²) in [6, 6.07) is 19.2. The number of nitrogens with one attached hydrogen (secondary N) is 1. The third kappa shape index (κ3) is 4.11. The first-order valence-corrected chi connectivity index (χ1v) is 8.85. The first-order chi connectivity index (χ1) is 12.6. The maximum absolute atomic E-state index is 12.6. The van der Waals surface area contributed by atoms with E-state index in [9.17, 15) is 9.59 Å². The number of ether oxygens (including phenoxy) is 1. The number of rotatable bonds is 5. The lowest BCUT2D eigenvalue weighted by atomic mass is 9.86. The Hall–Kier alpha value is -2.66. The highest BCUT2D eigenvalue weighted by molar-refractivity contribution is 5.98. The van der Waals surface area contributed by atoms with Gasteiger partial charge in [-0.3, -0.25) is 9.69 Å². The minimum Gasteiger partial charge on any atom is -0.467 e. The minimum absolute atomic E-state index is 0.243. The van der Waals surface area contributed by atoms with Crippen LogP contribution in [0, 0.1) is 0 Å². The van der Waals surface area contributed by atoms with Crippen LogP contribution < -0.4 is 5.32 Å². The van der Waals surface area contributed by atoms with Crippen LogP contribution in [0.25, 0.3) is 0 Å².